The lowest BCUT2D eigenvalue weighted by atomic mass is 10.2. The van der Waals surface area contributed by atoms with Crippen LogP contribution in [0.5, 0.6) is 17.4 Å². The number of carbonyl (C=O) groups is 1. The van der Waals surface area contributed by atoms with Gasteiger partial charge in [0.25, 0.3) is 11.5 Å². The molecule has 4 rings (SSSR count). The highest BCUT2D eigenvalue weighted by molar-refractivity contribution is 5.91. The highest BCUT2D eigenvalue weighted by Crippen LogP contribution is 2.31. The third kappa shape index (κ3) is 4.33. The van der Waals surface area contributed by atoms with Crippen LogP contribution < -0.4 is 25.1 Å². The molecule has 0 radical (unpaired) electrons. The van der Waals surface area contributed by atoms with Gasteiger partial charge in [0, 0.05) is 17.7 Å². The summed E-state index contributed by atoms with van der Waals surface area (Å²) in [5.41, 5.74) is 1.00. The number of benzene rings is 1. The van der Waals surface area contributed by atoms with Gasteiger partial charge in [-0.2, -0.15) is 9.61 Å². The fraction of sp³-hybridized carbons (Fsp3) is 0.200. The molecule has 1 amide bonds. The summed E-state index contributed by atoms with van der Waals surface area (Å²) in [4.78, 5) is 23.0. The number of ether oxygens (including phenoxy) is 3. The number of hydrogen-bond donors (Lipinski definition) is 2. The number of fused-ring (bicyclic) bond motifs is 1. The fourth-order valence-electron chi connectivity index (χ4n) is 2.89. The Balaban J connectivity index is 1.44. The molecule has 12 nitrogen and oxygen atoms in total. The van der Waals surface area contributed by atoms with Crippen LogP contribution in [-0.4, -0.2) is 63.3 Å². The van der Waals surface area contributed by atoms with Gasteiger partial charge in [-0.15, -0.1) is 15.3 Å². The Morgan fingerprint density at radius 1 is 1.06 bits per heavy atom. The first-order chi connectivity index (χ1) is 15.6. The van der Waals surface area contributed by atoms with Crippen molar-refractivity contribution in [3.05, 3.63) is 58.5 Å². The van der Waals surface area contributed by atoms with Gasteiger partial charge in [0.15, 0.2) is 23.0 Å². The summed E-state index contributed by atoms with van der Waals surface area (Å²) >= 11 is 0. The van der Waals surface area contributed by atoms with Crippen LogP contribution in [0, 0.1) is 0 Å². The zero-order chi connectivity index (χ0) is 22.5. The zero-order valence-corrected chi connectivity index (χ0v) is 17.2. The number of H-pyrrole nitrogens is 1. The second-order valence-corrected chi connectivity index (χ2v) is 6.45. The van der Waals surface area contributed by atoms with Crippen LogP contribution in [0.15, 0.2) is 47.3 Å². The van der Waals surface area contributed by atoms with E-state index in [1.54, 1.807) is 43.0 Å². The summed E-state index contributed by atoms with van der Waals surface area (Å²) in [6.45, 7) is 0.380. The third-order valence-electron chi connectivity index (χ3n) is 4.43. The second-order valence-electron chi connectivity index (χ2n) is 6.45. The monoisotopic (exact) mass is 437 g/mol. The lowest BCUT2D eigenvalue weighted by molar-refractivity contribution is 0.0940. The van der Waals surface area contributed by atoms with Gasteiger partial charge < -0.3 is 19.5 Å². The Kier molecular flexibility index (Phi) is 5.92. The maximum Gasteiger partial charge on any atom is 0.271 e. The molecular formula is C20H19N7O5. The molecule has 164 valence electrons. The summed E-state index contributed by atoms with van der Waals surface area (Å²) in [6, 6.07) is 11.3. The molecule has 32 heavy (non-hydrogen) atoms. The van der Waals surface area contributed by atoms with Crippen molar-refractivity contribution in [3.8, 4) is 28.8 Å². The molecule has 4 aromatic rings. The Hall–Kier alpha value is -4.48. The largest absolute Gasteiger partial charge is 0.493 e. The van der Waals surface area contributed by atoms with E-state index in [2.05, 4.69) is 30.8 Å². The normalized spacial score (nSPS) is 10.7. The smallest absolute Gasteiger partial charge is 0.271 e. The molecule has 12 heteroatoms. The van der Waals surface area contributed by atoms with E-state index in [0.29, 0.717) is 28.9 Å². The Labute approximate surface area is 181 Å². The maximum absolute atomic E-state index is 12.0. The molecule has 0 bridgehead atoms. The van der Waals surface area contributed by atoms with Crippen molar-refractivity contribution in [3.63, 3.8) is 0 Å². The average Bonchev–Trinajstić information content (AvgIpc) is 3.25. The van der Waals surface area contributed by atoms with E-state index < -0.39 is 5.91 Å². The highest BCUT2D eigenvalue weighted by atomic mass is 16.5. The van der Waals surface area contributed by atoms with Gasteiger partial charge >= 0.3 is 0 Å². The molecule has 3 aromatic heterocycles. The average molecular weight is 437 g/mol. The summed E-state index contributed by atoms with van der Waals surface area (Å²) in [6.07, 6.45) is 0. The number of rotatable bonds is 8. The first kappa shape index (κ1) is 20.8. The highest BCUT2D eigenvalue weighted by Gasteiger charge is 2.14. The molecule has 2 N–H and O–H groups in total. The minimum atomic E-state index is -0.428. The third-order valence-corrected chi connectivity index (χ3v) is 4.43. The lowest BCUT2D eigenvalue weighted by Crippen LogP contribution is -2.29. The number of nitrogens with one attached hydrogen (secondary N) is 2. The minimum Gasteiger partial charge on any atom is -0.493 e. The summed E-state index contributed by atoms with van der Waals surface area (Å²) in [5.74, 6) is 1.56. The van der Waals surface area contributed by atoms with E-state index in [1.807, 2.05) is 6.07 Å². The maximum atomic E-state index is 12.0. The number of aromatic nitrogens is 6. The van der Waals surface area contributed by atoms with Gasteiger partial charge in [0.2, 0.25) is 5.88 Å². The Morgan fingerprint density at radius 2 is 1.91 bits per heavy atom. The molecule has 0 aliphatic heterocycles. The van der Waals surface area contributed by atoms with Crippen molar-refractivity contribution in [2.45, 2.75) is 0 Å². The molecule has 0 saturated carbocycles. The summed E-state index contributed by atoms with van der Waals surface area (Å²) < 4.78 is 17.8. The van der Waals surface area contributed by atoms with Crippen LogP contribution in [0.1, 0.15) is 10.5 Å². The predicted molar refractivity (Wildman–Crippen MR) is 112 cm³/mol. The van der Waals surface area contributed by atoms with E-state index in [0.717, 1.165) is 5.56 Å². The number of aromatic amines is 1. The Morgan fingerprint density at radius 3 is 2.66 bits per heavy atom. The molecule has 0 saturated heterocycles. The first-order valence-electron chi connectivity index (χ1n) is 9.50. The van der Waals surface area contributed by atoms with E-state index in [1.165, 1.54) is 12.1 Å². The molecule has 0 spiro atoms. The first-order valence-corrected chi connectivity index (χ1v) is 9.50. The predicted octanol–water partition coefficient (Wildman–Crippen LogP) is 0.701. The fourth-order valence-corrected chi connectivity index (χ4v) is 2.89. The van der Waals surface area contributed by atoms with Gasteiger partial charge in [-0.25, -0.2) is 5.10 Å². The Bertz CT molecular complexity index is 1300. The molecule has 0 atom stereocenters. The van der Waals surface area contributed by atoms with E-state index in [4.69, 9.17) is 14.2 Å². The van der Waals surface area contributed by atoms with Gasteiger partial charge in [0.05, 0.1) is 20.8 Å². The number of methoxy groups -OCH3 is 2. The van der Waals surface area contributed by atoms with Crippen LogP contribution >= 0.6 is 0 Å². The molecule has 3 heterocycles. The molecule has 0 aliphatic rings. The van der Waals surface area contributed by atoms with Gasteiger partial charge in [-0.05, 0) is 30.3 Å². The quantitative estimate of drug-likeness (QED) is 0.380. The van der Waals surface area contributed by atoms with Crippen molar-refractivity contribution in [1.29, 1.82) is 0 Å². The number of carbonyl (C=O) groups excluding carboxylic acids is 1. The van der Waals surface area contributed by atoms with Gasteiger partial charge in [-0.1, -0.05) is 0 Å². The van der Waals surface area contributed by atoms with Crippen LogP contribution in [-0.2, 0) is 0 Å². The molecule has 0 aliphatic carbocycles. The lowest BCUT2D eigenvalue weighted by Gasteiger charge is -2.09. The zero-order valence-electron chi connectivity index (χ0n) is 17.2. The summed E-state index contributed by atoms with van der Waals surface area (Å²) in [5, 5.41) is 21.3. The van der Waals surface area contributed by atoms with Gasteiger partial charge in [0.1, 0.15) is 12.3 Å². The van der Waals surface area contributed by atoms with Crippen molar-refractivity contribution in [2.24, 2.45) is 0 Å². The SMILES string of the molecule is COc1ccc(-c2nnc3ccc(OCCNC(=O)c4ccc(=O)[nH]n4)nn23)cc1OC. The van der Waals surface area contributed by atoms with E-state index in [-0.39, 0.29) is 24.4 Å². The van der Waals surface area contributed by atoms with Crippen molar-refractivity contribution < 1.29 is 19.0 Å². The van der Waals surface area contributed by atoms with E-state index in [9.17, 15) is 9.59 Å². The number of hydrogen-bond acceptors (Lipinski definition) is 9. The van der Waals surface area contributed by atoms with Crippen molar-refractivity contribution in [1.82, 2.24) is 35.3 Å². The second kappa shape index (κ2) is 9.12. The van der Waals surface area contributed by atoms with Crippen LogP contribution in [0.2, 0.25) is 0 Å². The molecule has 0 unspecified atom stereocenters. The van der Waals surface area contributed by atoms with Gasteiger partial charge in [-0.3, -0.25) is 9.59 Å². The summed E-state index contributed by atoms with van der Waals surface area (Å²) in [7, 11) is 3.12. The minimum absolute atomic E-state index is 0.105. The van der Waals surface area contributed by atoms with Crippen molar-refractivity contribution in [2.75, 3.05) is 27.4 Å². The van der Waals surface area contributed by atoms with Crippen LogP contribution in [0.4, 0.5) is 0 Å². The topological polar surface area (TPSA) is 146 Å². The van der Waals surface area contributed by atoms with Crippen molar-refractivity contribution >= 4 is 11.6 Å². The number of amides is 1. The number of nitrogens with zero attached hydrogens (tertiary/aromatic N) is 5. The standard InChI is InChI=1S/C20H19N7O5/c1-30-14-5-3-12(11-15(14)31-2)19-25-23-16-6-8-18(26-27(16)19)32-10-9-21-20(29)13-4-7-17(28)24-22-13/h3-8,11H,9-10H2,1-2H3,(H,21,29)(H,24,28). The molecule has 1 aromatic carbocycles. The van der Waals surface area contributed by atoms with E-state index >= 15 is 0 Å². The van der Waals surface area contributed by atoms with Crippen LogP contribution in [0.25, 0.3) is 17.0 Å². The molecule has 0 fully saturated rings. The van der Waals surface area contributed by atoms with Crippen LogP contribution in [0.3, 0.4) is 0 Å². The molecular weight excluding hydrogens is 418 g/mol.